The second-order valence-electron chi connectivity index (χ2n) is 3.71. The third-order valence-corrected chi connectivity index (χ3v) is 2.37. The first-order valence-corrected chi connectivity index (χ1v) is 5.20. The number of benzene rings is 1. The van der Waals surface area contributed by atoms with Crippen LogP contribution in [0.15, 0.2) is 18.2 Å². The van der Waals surface area contributed by atoms with Crippen molar-refractivity contribution in [3.63, 3.8) is 0 Å². The molecule has 0 aliphatic carbocycles. The van der Waals surface area contributed by atoms with Crippen molar-refractivity contribution in [2.24, 2.45) is 0 Å². The number of nitrogens with zero attached hydrogens (tertiary/aromatic N) is 1. The van der Waals surface area contributed by atoms with E-state index < -0.39 is 4.92 Å². The van der Waals surface area contributed by atoms with Crippen molar-refractivity contribution in [3.05, 3.63) is 33.9 Å². The van der Waals surface area contributed by atoms with Crippen LogP contribution in [0.3, 0.4) is 0 Å². The Bertz CT molecular complexity index is 395. The van der Waals surface area contributed by atoms with Crippen molar-refractivity contribution in [2.75, 3.05) is 25.6 Å². The summed E-state index contributed by atoms with van der Waals surface area (Å²) in [7, 11) is 1.51. The lowest BCUT2D eigenvalue weighted by Crippen LogP contribution is -2.29. The zero-order valence-electron chi connectivity index (χ0n) is 9.84. The largest absolute Gasteiger partial charge is 0.394 e. The normalized spacial score (nSPS) is 12.2. The van der Waals surface area contributed by atoms with Crippen LogP contribution in [0.4, 0.5) is 11.4 Å². The minimum absolute atomic E-state index is 0.0297. The van der Waals surface area contributed by atoms with Crippen molar-refractivity contribution in [2.45, 2.75) is 13.0 Å². The Balaban J connectivity index is 2.97. The van der Waals surface area contributed by atoms with Crippen LogP contribution in [0.2, 0.25) is 0 Å². The minimum Gasteiger partial charge on any atom is -0.394 e. The first-order valence-electron chi connectivity index (χ1n) is 5.20. The number of nitro groups is 1. The van der Waals surface area contributed by atoms with Crippen LogP contribution in [-0.2, 0) is 4.74 Å². The molecule has 0 fully saturated rings. The summed E-state index contributed by atoms with van der Waals surface area (Å²) in [5.74, 6) is 0. The van der Waals surface area contributed by atoms with Gasteiger partial charge < -0.3 is 15.2 Å². The number of ether oxygens (including phenoxy) is 1. The van der Waals surface area contributed by atoms with Crippen LogP contribution in [0.25, 0.3) is 0 Å². The van der Waals surface area contributed by atoms with E-state index in [2.05, 4.69) is 5.32 Å². The Morgan fingerprint density at radius 3 is 2.82 bits per heavy atom. The lowest BCUT2D eigenvalue weighted by molar-refractivity contribution is -0.384. The highest BCUT2D eigenvalue weighted by Gasteiger charge is 2.19. The van der Waals surface area contributed by atoms with Crippen molar-refractivity contribution in [1.29, 1.82) is 0 Å². The van der Waals surface area contributed by atoms with E-state index >= 15 is 0 Å². The summed E-state index contributed by atoms with van der Waals surface area (Å²) in [6, 6.07) is 4.66. The third kappa shape index (κ3) is 3.40. The maximum absolute atomic E-state index is 10.9. The van der Waals surface area contributed by atoms with Crippen molar-refractivity contribution in [1.82, 2.24) is 0 Å². The van der Waals surface area contributed by atoms with Crippen molar-refractivity contribution < 1.29 is 14.8 Å². The molecular formula is C11H16N2O4. The molecular weight excluding hydrogens is 224 g/mol. The molecule has 0 amide bonds. The van der Waals surface area contributed by atoms with Gasteiger partial charge in [0, 0.05) is 12.7 Å². The Hall–Kier alpha value is -1.66. The second kappa shape index (κ2) is 6.17. The lowest BCUT2D eigenvalue weighted by Gasteiger charge is -2.16. The van der Waals surface area contributed by atoms with Gasteiger partial charge in [-0.2, -0.15) is 0 Å². The number of aliphatic hydroxyl groups is 1. The van der Waals surface area contributed by atoms with Crippen LogP contribution in [0.1, 0.15) is 5.56 Å². The van der Waals surface area contributed by atoms with Crippen LogP contribution in [0, 0.1) is 17.0 Å². The molecule has 1 atom stereocenters. The van der Waals surface area contributed by atoms with E-state index in [-0.39, 0.29) is 24.9 Å². The van der Waals surface area contributed by atoms with Gasteiger partial charge in [-0.1, -0.05) is 12.1 Å². The van der Waals surface area contributed by atoms with Gasteiger partial charge in [-0.05, 0) is 13.0 Å². The Morgan fingerprint density at radius 1 is 1.59 bits per heavy atom. The maximum atomic E-state index is 10.9. The zero-order valence-corrected chi connectivity index (χ0v) is 9.84. The van der Waals surface area contributed by atoms with Crippen molar-refractivity contribution >= 4 is 11.4 Å². The van der Waals surface area contributed by atoms with Crippen LogP contribution in [-0.4, -0.2) is 36.4 Å². The molecule has 0 radical (unpaired) electrons. The summed E-state index contributed by atoms with van der Waals surface area (Å²) in [5.41, 5.74) is 1.00. The molecule has 0 spiro atoms. The minimum atomic E-state index is -0.432. The molecule has 0 aliphatic heterocycles. The molecule has 2 N–H and O–H groups in total. The number of nitrogens with one attached hydrogen (secondary N) is 1. The molecule has 6 heteroatoms. The monoisotopic (exact) mass is 240 g/mol. The molecule has 1 aromatic carbocycles. The zero-order chi connectivity index (χ0) is 12.8. The number of nitro benzene ring substituents is 1. The van der Waals surface area contributed by atoms with Gasteiger partial charge in [-0.3, -0.25) is 10.1 Å². The van der Waals surface area contributed by atoms with Crippen LogP contribution >= 0.6 is 0 Å². The smallest absolute Gasteiger partial charge is 0.295 e. The fraction of sp³-hybridized carbons (Fsp3) is 0.455. The van der Waals surface area contributed by atoms with Gasteiger partial charge in [0.25, 0.3) is 5.69 Å². The summed E-state index contributed by atoms with van der Waals surface area (Å²) in [6.07, 6.45) is 0. The average Bonchev–Trinajstić information content (AvgIpc) is 2.28. The molecule has 1 rings (SSSR count). The number of anilines is 1. The molecule has 1 unspecified atom stereocenters. The molecule has 1 aromatic rings. The Labute approximate surface area is 99.4 Å². The number of rotatable bonds is 6. The van der Waals surface area contributed by atoms with Crippen LogP contribution in [0.5, 0.6) is 0 Å². The van der Waals surface area contributed by atoms with Gasteiger partial charge in [0.15, 0.2) is 0 Å². The first-order chi connectivity index (χ1) is 8.10. The molecule has 0 heterocycles. The van der Waals surface area contributed by atoms with E-state index in [9.17, 15) is 10.1 Å². The van der Waals surface area contributed by atoms with E-state index in [4.69, 9.17) is 9.84 Å². The van der Waals surface area contributed by atoms with Gasteiger partial charge >= 0.3 is 0 Å². The highest BCUT2D eigenvalue weighted by atomic mass is 16.6. The second-order valence-corrected chi connectivity index (χ2v) is 3.71. The molecule has 94 valence electrons. The summed E-state index contributed by atoms with van der Waals surface area (Å²) < 4.78 is 4.91. The number of aryl methyl sites for hydroxylation is 1. The predicted molar refractivity (Wildman–Crippen MR) is 64.2 cm³/mol. The quantitative estimate of drug-likeness (QED) is 0.578. The van der Waals surface area contributed by atoms with E-state index in [0.29, 0.717) is 11.3 Å². The molecule has 0 aliphatic rings. The number of hydrogen-bond donors (Lipinski definition) is 2. The lowest BCUT2D eigenvalue weighted by atomic mass is 10.1. The van der Waals surface area contributed by atoms with Gasteiger partial charge in [-0.25, -0.2) is 0 Å². The van der Waals surface area contributed by atoms with E-state index in [1.807, 2.05) is 0 Å². The molecule has 6 nitrogen and oxygen atoms in total. The molecule has 0 bridgehead atoms. The third-order valence-electron chi connectivity index (χ3n) is 2.37. The molecule has 0 saturated carbocycles. The highest BCUT2D eigenvalue weighted by Crippen LogP contribution is 2.28. The maximum Gasteiger partial charge on any atom is 0.295 e. The average molecular weight is 240 g/mol. The SMILES string of the molecule is COCC(CO)Nc1cccc(C)c1[N+](=O)[O-]. The first kappa shape index (κ1) is 13.4. The predicted octanol–water partition coefficient (Wildman–Crippen LogP) is 1.32. The van der Waals surface area contributed by atoms with Gasteiger partial charge in [0.05, 0.1) is 24.2 Å². The van der Waals surface area contributed by atoms with Crippen LogP contribution < -0.4 is 5.32 Å². The molecule has 17 heavy (non-hydrogen) atoms. The Kier molecular flexibility index (Phi) is 4.86. The summed E-state index contributed by atoms with van der Waals surface area (Å²) >= 11 is 0. The van der Waals surface area contributed by atoms with Gasteiger partial charge in [-0.15, -0.1) is 0 Å². The molecule has 0 aromatic heterocycles. The topological polar surface area (TPSA) is 84.6 Å². The Morgan fingerprint density at radius 2 is 2.29 bits per heavy atom. The van der Waals surface area contributed by atoms with Gasteiger partial charge in [0.2, 0.25) is 0 Å². The summed E-state index contributed by atoms with van der Waals surface area (Å²) in [4.78, 5) is 10.5. The van der Waals surface area contributed by atoms with Gasteiger partial charge in [0.1, 0.15) is 5.69 Å². The fourth-order valence-electron chi connectivity index (χ4n) is 1.58. The number of methoxy groups -OCH3 is 1. The summed E-state index contributed by atoms with van der Waals surface area (Å²) in [5, 5.41) is 23.0. The number of para-hydroxylation sites is 1. The fourth-order valence-corrected chi connectivity index (χ4v) is 1.58. The van der Waals surface area contributed by atoms with Crippen molar-refractivity contribution in [3.8, 4) is 0 Å². The molecule has 0 saturated heterocycles. The highest BCUT2D eigenvalue weighted by molar-refractivity contribution is 5.65. The van der Waals surface area contributed by atoms with E-state index in [1.165, 1.54) is 7.11 Å². The summed E-state index contributed by atoms with van der Waals surface area (Å²) in [6.45, 7) is 1.80. The number of hydrogen-bond acceptors (Lipinski definition) is 5. The van der Waals surface area contributed by atoms with E-state index in [0.717, 1.165) is 0 Å². The number of aliphatic hydroxyl groups excluding tert-OH is 1. The standard InChI is InChI=1S/C11H16N2O4/c1-8-4-3-5-10(11(8)13(15)16)12-9(6-14)7-17-2/h3-5,9,12,14H,6-7H2,1-2H3. The van der Waals surface area contributed by atoms with E-state index in [1.54, 1.807) is 25.1 Å².